The van der Waals surface area contributed by atoms with E-state index in [1.807, 2.05) is 81.3 Å². The zero-order chi connectivity index (χ0) is 38.6. The first-order valence-electron chi connectivity index (χ1n) is 15.8. The number of hydrogen-bond acceptors (Lipinski definition) is 9. The lowest BCUT2D eigenvalue weighted by Gasteiger charge is -2.32. The summed E-state index contributed by atoms with van der Waals surface area (Å²) >= 11 is 0. The fourth-order valence-corrected chi connectivity index (χ4v) is 2.95. The second-order valence-electron chi connectivity index (χ2n) is 14.4. The summed E-state index contributed by atoms with van der Waals surface area (Å²) in [7, 11) is 2.09. The fraction of sp³-hybridized carbons (Fsp3) is 0.735. The Kier molecular flexibility index (Phi) is 21.1. The van der Waals surface area contributed by atoms with Crippen LogP contribution in [0.25, 0.3) is 0 Å². The van der Waals surface area contributed by atoms with Crippen molar-refractivity contribution in [2.75, 3.05) is 47.4 Å². The first-order chi connectivity index (χ1) is 21.6. The highest BCUT2D eigenvalue weighted by atomic mass is 19.1. The SMILES string of the molecule is C#CCN(C)CC(=O)OC(C)(C)C.C#CCNC(=O)OC(C)(C)C.CN(C/C=C/B1OC(C)(C)C(C)(C)O1)C(=O)OC(C)(C)C.[2H]CF. The Morgan fingerprint density at radius 1 is 0.894 bits per heavy atom. The van der Waals surface area contributed by atoms with Crippen LogP contribution in [0.5, 0.6) is 0 Å². The number of ether oxygens (including phenoxy) is 3. The second kappa shape index (κ2) is 21.6. The van der Waals surface area contributed by atoms with Crippen molar-refractivity contribution in [3.63, 3.8) is 0 Å². The van der Waals surface area contributed by atoms with Crippen LogP contribution in [0.15, 0.2) is 12.1 Å². The highest BCUT2D eigenvalue weighted by molar-refractivity contribution is 6.51. The van der Waals surface area contributed by atoms with E-state index < -0.39 is 30.0 Å². The number of nitrogens with zero attached hydrogens (tertiary/aromatic N) is 2. The van der Waals surface area contributed by atoms with Gasteiger partial charge >= 0.3 is 25.3 Å². The number of alkyl carbamates (subject to hydrolysis) is 1. The quantitative estimate of drug-likeness (QED) is 0.159. The third-order valence-corrected chi connectivity index (χ3v) is 5.56. The third-order valence-electron chi connectivity index (χ3n) is 5.56. The predicted octanol–water partition coefficient (Wildman–Crippen LogP) is 5.66. The van der Waals surface area contributed by atoms with Gasteiger partial charge in [-0.15, -0.1) is 12.8 Å². The van der Waals surface area contributed by atoms with Crippen molar-refractivity contribution in [1.82, 2.24) is 15.1 Å². The number of rotatable bonds is 7. The van der Waals surface area contributed by atoms with Gasteiger partial charge in [-0.25, -0.2) is 9.59 Å². The lowest BCUT2D eigenvalue weighted by atomic mass is 9.90. The first-order valence-corrected chi connectivity index (χ1v) is 15.1. The fourth-order valence-electron chi connectivity index (χ4n) is 2.95. The average molecular weight is 671 g/mol. The minimum absolute atomic E-state index is 0.203. The maximum Gasteiger partial charge on any atom is 0.486 e. The van der Waals surface area contributed by atoms with Crippen molar-refractivity contribution >= 4 is 25.3 Å². The Hall–Kier alpha value is -3.26. The van der Waals surface area contributed by atoms with Gasteiger partial charge in [0.1, 0.15) is 16.8 Å². The Morgan fingerprint density at radius 3 is 1.72 bits per heavy atom. The van der Waals surface area contributed by atoms with Crippen LogP contribution in [0.3, 0.4) is 0 Å². The molecule has 0 aromatic rings. The molecule has 1 N–H and O–H groups in total. The van der Waals surface area contributed by atoms with Gasteiger partial charge in [-0.1, -0.05) is 23.9 Å². The molecule has 0 unspecified atom stereocenters. The Morgan fingerprint density at radius 2 is 1.34 bits per heavy atom. The second-order valence-corrected chi connectivity index (χ2v) is 14.4. The van der Waals surface area contributed by atoms with E-state index in [4.69, 9.17) is 37.7 Å². The van der Waals surface area contributed by atoms with Crippen LogP contribution in [-0.4, -0.2) is 111 Å². The van der Waals surface area contributed by atoms with Gasteiger partial charge in [0.05, 0.1) is 39.4 Å². The lowest BCUT2D eigenvalue weighted by molar-refractivity contribution is -0.155. The summed E-state index contributed by atoms with van der Waals surface area (Å²) in [5.74, 6) is 6.31. The summed E-state index contributed by atoms with van der Waals surface area (Å²) in [6, 6.07) is 0. The smallest absolute Gasteiger partial charge is 0.459 e. The summed E-state index contributed by atoms with van der Waals surface area (Å²) in [6.45, 7) is 25.8. The molecule has 0 atom stereocenters. The largest absolute Gasteiger partial charge is 0.486 e. The van der Waals surface area contributed by atoms with Gasteiger partial charge in [0, 0.05) is 13.6 Å². The van der Waals surface area contributed by atoms with Gasteiger partial charge in [0.2, 0.25) is 0 Å². The maximum atomic E-state index is 11.8. The maximum absolute atomic E-state index is 11.8. The zero-order valence-electron chi connectivity index (χ0n) is 32.5. The number of hydrogen-bond donors (Lipinski definition) is 1. The molecule has 1 aliphatic rings. The molecule has 0 bridgehead atoms. The molecule has 0 aromatic carbocycles. The predicted molar refractivity (Wildman–Crippen MR) is 186 cm³/mol. The van der Waals surface area contributed by atoms with Crippen LogP contribution >= 0.6 is 0 Å². The molecule has 1 aliphatic heterocycles. The number of nitrogens with one attached hydrogen (secondary N) is 1. The molecule has 0 radical (unpaired) electrons. The van der Waals surface area contributed by atoms with Crippen LogP contribution < -0.4 is 5.32 Å². The van der Waals surface area contributed by atoms with Gasteiger partial charge in [-0.3, -0.25) is 14.1 Å². The Bertz CT molecular complexity index is 1070. The molecule has 0 aliphatic carbocycles. The molecule has 13 heteroatoms. The molecule has 1 saturated heterocycles. The van der Waals surface area contributed by atoms with Crippen LogP contribution in [0.4, 0.5) is 14.0 Å². The molecule has 270 valence electrons. The average Bonchev–Trinajstić information content (AvgIpc) is 3.06. The molecular weight excluding hydrogens is 608 g/mol. The molecule has 11 nitrogen and oxygen atoms in total. The number of esters is 1. The van der Waals surface area contributed by atoms with E-state index in [1.165, 1.54) is 4.90 Å². The van der Waals surface area contributed by atoms with Gasteiger partial charge in [-0.05, 0) is 97.1 Å². The number of alkyl halides is 1. The highest BCUT2D eigenvalue weighted by Gasteiger charge is 2.50. The molecule has 0 aromatic heterocycles. The van der Waals surface area contributed by atoms with E-state index in [0.717, 1.165) is 0 Å². The highest BCUT2D eigenvalue weighted by Crippen LogP contribution is 2.36. The van der Waals surface area contributed by atoms with E-state index in [9.17, 15) is 18.8 Å². The molecule has 0 spiro atoms. The molecule has 2 amide bonds. The molecule has 47 heavy (non-hydrogen) atoms. The first kappa shape index (κ1) is 45.9. The number of carbonyl (C=O) groups is 3. The minimum atomic E-state index is -1.00. The lowest BCUT2D eigenvalue weighted by Crippen LogP contribution is -2.41. The number of carbonyl (C=O) groups excluding carboxylic acids is 3. The summed E-state index contributed by atoms with van der Waals surface area (Å²) in [6.07, 6.45) is 11.0. The van der Waals surface area contributed by atoms with Crippen molar-refractivity contribution < 1.29 is 43.7 Å². The van der Waals surface area contributed by atoms with Gasteiger partial charge in [0.15, 0.2) is 0 Å². The Labute approximate surface area is 286 Å². The zero-order valence-corrected chi connectivity index (χ0v) is 31.5. The summed E-state index contributed by atoms with van der Waals surface area (Å²) in [5, 5.41) is 2.39. The monoisotopic (exact) mass is 670 g/mol. The van der Waals surface area contributed by atoms with E-state index >= 15 is 0 Å². The number of amides is 2. The Balaban J connectivity index is -0.000000646. The molecule has 0 saturated carbocycles. The van der Waals surface area contributed by atoms with Crippen molar-refractivity contribution in [1.29, 1.82) is 0 Å². The van der Waals surface area contributed by atoms with Gasteiger partial charge in [-0.2, -0.15) is 0 Å². The van der Waals surface area contributed by atoms with Gasteiger partial charge < -0.3 is 33.7 Å². The van der Waals surface area contributed by atoms with E-state index in [2.05, 4.69) is 17.2 Å². The summed E-state index contributed by atoms with van der Waals surface area (Å²) in [5.41, 5.74) is -2.06. The number of halogens is 1. The van der Waals surface area contributed by atoms with Crippen LogP contribution in [0.1, 0.15) is 91.4 Å². The summed E-state index contributed by atoms with van der Waals surface area (Å²) < 4.78 is 42.5. The van der Waals surface area contributed by atoms with Crippen LogP contribution in [-0.2, 0) is 28.3 Å². The normalized spacial score (nSPS) is 15.1. The van der Waals surface area contributed by atoms with Crippen molar-refractivity contribution in [2.24, 2.45) is 0 Å². The van der Waals surface area contributed by atoms with E-state index in [1.54, 1.807) is 39.8 Å². The number of terminal acetylenes is 2. The van der Waals surface area contributed by atoms with E-state index in [0.29, 0.717) is 13.1 Å². The molecular formula is C34H61BFN3O8. The molecule has 1 fully saturated rings. The van der Waals surface area contributed by atoms with Crippen molar-refractivity contribution in [2.45, 2.75) is 118 Å². The molecule has 1 rings (SSSR count). The minimum Gasteiger partial charge on any atom is -0.459 e. The molecule has 1 heterocycles. The topological polar surface area (TPSA) is 116 Å². The van der Waals surface area contributed by atoms with E-state index in [-0.39, 0.29) is 43.5 Å². The number of likely N-dealkylation sites (N-methyl/N-ethyl adjacent to an activating group) is 2. The van der Waals surface area contributed by atoms with Crippen molar-refractivity contribution in [3.05, 3.63) is 12.1 Å². The standard InChI is InChI=1S/C15H28BNO4.C10H17NO2.C8H13NO2.CH3F/c1-13(2,3)19-12(18)17(8)11-9-10-16-20-14(4,5)15(6,7)21-16;1-6-7-11(5)8-9(12)13-10(2,3)4;1-5-6-9-7(10)11-8(2,3)4;1-2/h9-10H,11H2,1-8H3;1H,7-8H2,2-5H3;1H,6H2,2-4H3,(H,9,10);1H3/b10-9+;;;/i;;;1D. The van der Waals surface area contributed by atoms with Crippen LogP contribution in [0.2, 0.25) is 0 Å². The van der Waals surface area contributed by atoms with Gasteiger partial charge in [0.25, 0.3) is 0 Å². The van der Waals surface area contributed by atoms with Crippen molar-refractivity contribution in [3.8, 4) is 24.7 Å². The summed E-state index contributed by atoms with van der Waals surface area (Å²) in [4.78, 5) is 37.0. The third kappa shape index (κ3) is 26.5. The van der Waals surface area contributed by atoms with Crippen LogP contribution in [0, 0.1) is 24.7 Å².